The lowest BCUT2D eigenvalue weighted by molar-refractivity contribution is -0.137. The van der Waals surface area contributed by atoms with Crippen molar-refractivity contribution in [2.75, 3.05) is 0 Å². The molecule has 10 aromatic carbocycles. The first-order chi connectivity index (χ1) is 36.9. The van der Waals surface area contributed by atoms with Gasteiger partial charge < -0.3 is 9.13 Å². The third kappa shape index (κ3) is 8.01. The van der Waals surface area contributed by atoms with E-state index in [0.29, 0.717) is 45.5 Å². The first-order valence-corrected chi connectivity index (χ1v) is 25.4. The highest BCUT2D eigenvalue weighted by Gasteiger charge is 2.33. The Labute approximate surface area is 437 Å². The Balaban J connectivity index is 1.12. The van der Waals surface area contributed by atoms with Gasteiger partial charge in [0.15, 0.2) is 17.5 Å². The van der Waals surface area contributed by atoms with Gasteiger partial charge in [-0.25, -0.2) is 15.0 Å². The van der Waals surface area contributed by atoms with Crippen LogP contribution in [0.2, 0.25) is 0 Å². The van der Waals surface area contributed by atoms with E-state index in [0.717, 1.165) is 82.6 Å². The molecule has 0 aliphatic rings. The highest BCUT2D eigenvalue weighted by atomic mass is 19.4. The van der Waals surface area contributed by atoms with Gasteiger partial charge in [0.05, 0.1) is 39.0 Å². The van der Waals surface area contributed by atoms with Crippen LogP contribution in [0.3, 0.4) is 0 Å². The Hall–Kier alpha value is -9.40. The summed E-state index contributed by atoms with van der Waals surface area (Å²) in [5, 5.41) is 4.01. The fraction of sp³-hybridized carbons (Fsp3) is 0.0735. The van der Waals surface area contributed by atoms with E-state index < -0.39 is 11.7 Å². The number of rotatable bonds is 8. The van der Waals surface area contributed by atoms with Crippen LogP contribution in [-0.2, 0) is 6.18 Å². The number of aryl methyl sites for hydroxylation is 4. The molecule has 13 aromatic rings. The predicted octanol–water partition coefficient (Wildman–Crippen LogP) is 18.3. The minimum absolute atomic E-state index is 0.380. The van der Waals surface area contributed by atoms with Gasteiger partial charge in [-0.15, -0.1) is 0 Å². The molecule has 366 valence electrons. The minimum Gasteiger partial charge on any atom is -0.309 e. The van der Waals surface area contributed by atoms with Crippen molar-refractivity contribution in [3.05, 3.63) is 246 Å². The quantitative estimate of drug-likeness (QED) is 0.152. The van der Waals surface area contributed by atoms with Crippen LogP contribution >= 0.6 is 0 Å². The van der Waals surface area contributed by atoms with E-state index >= 15 is 13.2 Å². The van der Waals surface area contributed by atoms with E-state index in [9.17, 15) is 0 Å². The molecule has 3 aromatic heterocycles. The molecule has 0 saturated carbocycles. The topological polar surface area (TPSA) is 48.5 Å². The molecule has 0 N–H and O–H groups in total. The summed E-state index contributed by atoms with van der Waals surface area (Å²) in [5.74, 6) is 1.33. The number of hydrogen-bond donors (Lipinski definition) is 0. The van der Waals surface area contributed by atoms with Gasteiger partial charge >= 0.3 is 6.18 Å². The second kappa shape index (κ2) is 18.2. The molecule has 76 heavy (non-hydrogen) atoms. The normalized spacial score (nSPS) is 11.9. The molecular weight excluding hydrogens is 944 g/mol. The molecule has 0 radical (unpaired) electrons. The summed E-state index contributed by atoms with van der Waals surface area (Å²) in [4.78, 5) is 15.2. The number of aromatic nitrogens is 5. The maximum atomic E-state index is 15.5. The molecule has 3 heterocycles. The van der Waals surface area contributed by atoms with Crippen molar-refractivity contribution in [3.8, 4) is 78.9 Å². The average molecular weight is 992 g/mol. The Bertz CT molecular complexity index is 4380. The molecule has 0 aliphatic carbocycles. The smallest absolute Gasteiger partial charge is 0.309 e. The van der Waals surface area contributed by atoms with Crippen LogP contribution in [0.5, 0.6) is 0 Å². The largest absolute Gasteiger partial charge is 0.416 e. The van der Waals surface area contributed by atoms with Crippen LogP contribution in [0.1, 0.15) is 27.8 Å². The van der Waals surface area contributed by atoms with E-state index in [1.165, 1.54) is 28.8 Å². The van der Waals surface area contributed by atoms with Crippen LogP contribution in [0.4, 0.5) is 13.2 Å². The Morgan fingerprint density at radius 2 is 0.724 bits per heavy atom. The van der Waals surface area contributed by atoms with Crippen molar-refractivity contribution >= 4 is 43.6 Å². The van der Waals surface area contributed by atoms with Crippen LogP contribution in [0, 0.1) is 27.7 Å². The number of nitrogens with zero attached hydrogens (tertiary/aromatic N) is 5. The molecular formula is C68H48F3N5. The van der Waals surface area contributed by atoms with E-state index in [-0.39, 0.29) is 0 Å². The van der Waals surface area contributed by atoms with E-state index in [4.69, 9.17) is 15.0 Å². The Morgan fingerprint density at radius 3 is 1.20 bits per heavy atom. The fourth-order valence-electron chi connectivity index (χ4n) is 11.2. The first kappa shape index (κ1) is 46.4. The van der Waals surface area contributed by atoms with Crippen molar-refractivity contribution in [3.63, 3.8) is 0 Å². The molecule has 0 atom stereocenters. The third-order valence-corrected chi connectivity index (χ3v) is 14.8. The van der Waals surface area contributed by atoms with Gasteiger partial charge in [0.1, 0.15) is 0 Å². The van der Waals surface area contributed by atoms with Crippen molar-refractivity contribution in [1.29, 1.82) is 0 Å². The minimum atomic E-state index is -4.66. The SMILES string of the molecule is Cc1ccc(-c2ccc3c(c2)c2ccccc2n3-c2ccc(-c3nc(-c4ccccc4)nc(-c4ccccc4)n3)cc2-c2cc(C(F)(F)F)ccc2-n2c3ccccc3c3cc(-c4ccc(C)cc4C)ccc32)c(C)c1. The Morgan fingerprint density at radius 1 is 0.316 bits per heavy atom. The van der Waals surface area contributed by atoms with Crippen LogP contribution < -0.4 is 0 Å². The standard InChI is InChI=1S/C68H48F3N5/c1-41-23-29-51(43(3)35-41)47-25-31-61-55(37-47)53-19-11-13-21-59(53)75(61)63-33-27-49(67-73-65(45-15-7-5-8-16-45)72-66(74-67)46-17-9-6-10-18-46)39-57(63)58-40-50(68(69,70)71)28-34-64(58)76-60-22-14-12-20-54(60)56-38-48(26-32-62(56)76)52-30-24-42(2)36-44(52)4/h5-40H,1-4H3. The molecule has 0 saturated heterocycles. The summed E-state index contributed by atoms with van der Waals surface area (Å²) in [5.41, 5.74) is 16.3. The van der Waals surface area contributed by atoms with Gasteiger partial charge in [-0.3, -0.25) is 0 Å². The monoisotopic (exact) mass is 991 g/mol. The highest BCUT2D eigenvalue weighted by molar-refractivity contribution is 6.13. The average Bonchev–Trinajstić information content (AvgIpc) is 3.95. The first-order valence-electron chi connectivity index (χ1n) is 25.4. The van der Waals surface area contributed by atoms with Gasteiger partial charge in [0.2, 0.25) is 0 Å². The molecule has 8 heteroatoms. The van der Waals surface area contributed by atoms with E-state index in [2.05, 4.69) is 128 Å². The highest BCUT2D eigenvalue weighted by Crippen LogP contribution is 2.45. The molecule has 0 spiro atoms. The summed E-state index contributed by atoms with van der Waals surface area (Å²) in [7, 11) is 0. The van der Waals surface area contributed by atoms with Crippen LogP contribution in [-0.4, -0.2) is 24.1 Å². The number of alkyl halides is 3. The number of fused-ring (bicyclic) bond motifs is 6. The predicted molar refractivity (Wildman–Crippen MR) is 305 cm³/mol. The molecule has 0 fully saturated rings. The lowest BCUT2D eigenvalue weighted by atomic mass is 9.95. The van der Waals surface area contributed by atoms with Gasteiger partial charge in [-0.1, -0.05) is 157 Å². The number of benzene rings is 10. The lowest BCUT2D eigenvalue weighted by Gasteiger charge is -2.21. The molecule has 0 aliphatic heterocycles. The second-order valence-electron chi connectivity index (χ2n) is 19.8. The maximum absolute atomic E-state index is 15.5. The van der Waals surface area contributed by atoms with Gasteiger partial charge in [0, 0.05) is 49.4 Å². The van der Waals surface area contributed by atoms with E-state index in [1.54, 1.807) is 6.07 Å². The summed E-state index contributed by atoms with van der Waals surface area (Å²) in [6.45, 7) is 8.45. The second-order valence-corrected chi connectivity index (χ2v) is 19.8. The maximum Gasteiger partial charge on any atom is 0.416 e. The lowest BCUT2D eigenvalue weighted by Crippen LogP contribution is -2.08. The molecule has 5 nitrogen and oxygen atoms in total. The van der Waals surface area contributed by atoms with Gasteiger partial charge in [-0.2, -0.15) is 13.2 Å². The molecule has 0 amide bonds. The summed E-state index contributed by atoms with van der Waals surface area (Å²) >= 11 is 0. The van der Waals surface area contributed by atoms with Crippen LogP contribution in [0.25, 0.3) is 123 Å². The number of halogens is 3. The summed E-state index contributed by atoms with van der Waals surface area (Å²) < 4.78 is 50.7. The number of hydrogen-bond acceptors (Lipinski definition) is 3. The Kier molecular flexibility index (Phi) is 11.1. The van der Waals surface area contributed by atoms with Crippen molar-refractivity contribution < 1.29 is 13.2 Å². The molecule has 0 unspecified atom stereocenters. The fourth-order valence-corrected chi connectivity index (χ4v) is 11.2. The van der Waals surface area contributed by atoms with E-state index in [1.807, 2.05) is 109 Å². The van der Waals surface area contributed by atoms with Crippen molar-refractivity contribution in [2.45, 2.75) is 33.9 Å². The zero-order chi connectivity index (χ0) is 51.8. The van der Waals surface area contributed by atoms with Gasteiger partial charge in [-0.05, 0) is 134 Å². The molecule has 13 rings (SSSR count). The van der Waals surface area contributed by atoms with Crippen molar-refractivity contribution in [2.24, 2.45) is 0 Å². The third-order valence-electron chi connectivity index (χ3n) is 14.8. The van der Waals surface area contributed by atoms with Crippen LogP contribution in [0.15, 0.2) is 218 Å². The van der Waals surface area contributed by atoms with Gasteiger partial charge in [0.25, 0.3) is 0 Å². The zero-order valence-electron chi connectivity index (χ0n) is 42.2. The molecule has 0 bridgehead atoms. The zero-order valence-corrected chi connectivity index (χ0v) is 42.2. The summed E-state index contributed by atoms with van der Waals surface area (Å²) in [6.07, 6.45) is -4.66. The van der Waals surface area contributed by atoms with Crippen molar-refractivity contribution in [1.82, 2.24) is 24.1 Å². The summed E-state index contributed by atoms with van der Waals surface area (Å²) in [6, 6.07) is 71.9. The number of para-hydroxylation sites is 2.